The van der Waals surface area contributed by atoms with Crippen molar-refractivity contribution in [1.29, 1.82) is 0 Å². The molecule has 2 N–H and O–H groups in total. The van der Waals surface area contributed by atoms with E-state index >= 15 is 0 Å². The van der Waals surface area contributed by atoms with Crippen LogP contribution < -0.4 is 10.6 Å². The molecule has 0 radical (unpaired) electrons. The maximum atomic E-state index is 12.8. The first kappa shape index (κ1) is 16.9. The molecular weight excluding hydrogens is 340 g/mol. The van der Waals surface area contributed by atoms with Gasteiger partial charge in [-0.25, -0.2) is 0 Å². The van der Waals surface area contributed by atoms with E-state index in [0.29, 0.717) is 17.1 Å². The molecule has 0 atom stereocenters. The van der Waals surface area contributed by atoms with Gasteiger partial charge in [0.25, 0.3) is 0 Å². The van der Waals surface area contributed by atoms with E-state index < -0.39 is 5.91 Å². The molecule has 3 rings (SSSR count). The van der Waals surface area contributed by atoms with Crippen LogP contribution in [-0.2, 0) is 11.3 Å². The van der Waals surface area contributed by atoms with E-state index in [4.69, 9.17) is 11.6 Å². The van der Waals surface area contributed by atoms with E-state index in [1.165, 1.54) is 6.92 Å². The van der Waals surface area contributed by atoms with Crippen LogP contribution in [0.4, 0.5) is 0 Å². The number of carbonyl (C=O) groups is 3. The summed E-state index contributed by atoms with van der Waals surface area (Å²) < 4.78 is 0. The van der Waals surface area contributed by atoms with Gasteiger partial charge in [-0.3, -0.25) is 14.4 Å². The van der Waals surface area contributed by atoms with Gasteiger partial charge in [0.2, 0.25) is 17.5 Å². The number of allylic oxidation sites excluding steroid dienone is 2. The Morgan fingerprint density at radius 2 is 1.48 bits per heavy atom. The predicted molar refractivity (Wildman–Crippen MR) is 94.2 cm³/mol. The minimum absolute atomic E-state index is 0.0230. The summed E-state index contributed by atoms with van der Waals surface area (Å²) in [5.74, 6) is -1.13. The molecule has 0 aliphatic heterocycles. The van der Waals surface area contributed by atoms with Crippen molar-refractivity contribution in [1.82, 2.24) is 10.6 Å². The summed E-state index contributed by atoms with van der Waals surface area (Å²) >= 11 is 5.86. The third-order valence-electron chi connectivity index (χ3n) is 3.80. The molecular formula is C19H15ClN2O3. The number of hydrogen-bond acceptors (Lipinski definition) is 4. The van der Waals surface area contributed by atoms with Crippen LogP contribution in [0.2, 0.25) is 5.02 Å². The Hall–Kier alpha value is -2.92. The molecule has 1 amide bonds. The predicted octanol–water partition coefficient (Wildman–Crippen LogP) is 2.86. The Labute approximate surface area is 149 Å². The molecule has 6 heteroatoms. The van der Waals surface area contributed by atoms with Crippen molar-refractivity contribution in [3.05, 3.63) is 81.6 Å². The number of nitrogens with one attached hydrogen (secondary N) is 2. The number of hydrogen-bond donors (Lipinski definition) is 2. The maximum absolute atomic E-state index is 12.8. The summed E-state index contributed by atoms with van der Waals surface area (Å²) in [6.07, 6.45) is 0. The SMILES string of the molecule is CC(=O)NC1=C(NCc2ccc(Cl)cc2)C(=O)c2ccccc2C1=O. The third-order valence-corrected chi connectivity index (χ3v) is 4.06. The van der Waals surface area contributed by atoms with Gasteiger partial charge in [0.15, 0.2) is 0 Å². The maximum Gasteiger partial charge on any atom is 0.221 e. The van der Waals surface area contributed by atoms with Gasteiger partial charge in [-0.05, 0) is 17.7 Å². The number of Topliss-reactive ketones (excluding diaryl/α,β-unsaturated/α-hetero) is 2. The second kappa shape index (κ2) is 6.91. The van der Waals surface area contributed by atoms with E-state index in [1.54, 1.807) is 36.4 Å². The van der Waals surface area contributed by atoms with Crippen molar-refractivity contribution in [2.75, 3.05) is 0 Å². The summed E-state index contributed by atoms with van der Waals surface area (Å²) in [5, 5.41) is 6.08. The number of fused-ring (bicyclic) bond motifs is 1. The van der Waals surface area contributed by atoms with E-state index in [9.17, 15) is 14.4 Å². The topological polar surface area (TPSA) is 75.3 Å². The quantitative estimate of drug-likeness (QED) is 0.885. The van der Waals surface area contributed by atoms with Gasteiger partial charge in [-0.15, -0.1) is 0 Å². The molecule has 1 aliphatic rings. The standard InChI is InChI=1S/C19H15ClN2O3/c1-11(23)22-17-16(21-10-12-6-8-13(20)9-7-12)18(24)14-4-2-3-5-15(14)19(17)25/h2-9,21H,10H2,1H3,(H,22,23). The highest BCUT2D eigenvalue weighted by molar-refractivity contribution is 6.30. The van der Waals surface area contributed by atoms with Crippen LogP contribution in [0.15, 0.2) is 59.9 Å². The zero-order chi connectivity index (χ0) is 18.0. The summed E-state index contributed by atoms with van der Waals surface area (Å²) in [6, 6.07) is 13.7. The molecule has 5 nitrogen and oxygen atoms in total. The lowest BCUT2D eigenvalue weighted by Crippen LogP contribution is -2.37. The van der Waals surface area contributed by atoms with Gasteiger partial charge >= 0.3 is 0 Å². The van der Waals surface area contributed by atoms with E-state index in [0.717, 1.165) is 5.56 Å². The highest BCUT2D eigenvalue weighted by Crippen LogP contribution is 2.24. The van der Waals surface area contributed by atoms with Crippen molar-refractivity contribution in [2.45, 2.75) is 13.5 Å². The fourth-order valence-corrected chi connectivity index (χ4v) is 2.76. The highest BCUT2D eigenvalue weighted by Gasteiger charge is 2.32. The summed E-state index contributed by atoms with van der Waals surface area (Å²) in [7, 11) is 0. The van der Waals surface area contributed by atoms with Gasteiger partial charge < -0.3 is 10.6 Å². The van der Waals surface area contributed by atoms with Gasteiger partial charge in [0.1, 0.15) is 11.4 Å². The molecule has 0 aromatic heterocycles. The Bertz CT molecular complexity index is 901. The van der Waals surface area contributed by atoms with Gasteiger partial charge in [0.05, 0.1) is 0 Å². The molecule has 0 fully saturated rings. The van der Waals surface area contributed by atoms with Gasteiger partial charge in [-0.1, -0.05) is 48.0 Å². The molecule has 2 aromatic carbocycles. The third kappa shape index (κ3) is 3.46. The Morgan fingerprint density at radius 1 is 0.920 bits per heavy atom. The molecule has 0 bridgehead atoms. The molecule has 1 aliphatic carbocycles. The first-order valence-electron chi connectivity index (χ1n) is 7.66. The largest absolute Gasteiger partial charge is 0.376 e. The average molecular weight is 355 g/mol. The van der Waals surface area contributed by atoms with Crippen LogP contribution in [0.5, 0.6) is 0 Å². The molecule has 0 saturated heterocycles. The lowest BCUT2D eigenvalue weighted by atomic mass is 9.90. The smallest absolute Gasteiger partial charge is 0.221 e. The van der Waals surface area contributed by atoms with Crippen LogP contribution >= 0.6 is 11.6 Å². The molecule has 2 aromatic rings. The molecule has 126 valence electrons. The van der Waals surface area contributed by atoms with E-state index in [-0.39, 0.29) is 28.5 Å². The van der Waals surface area contributed by atoms with Crippen molar-refractivity contribution >= 4 is 29.1 Å². The van der Waals surface area contributed by atoms with Gasteiger partial charge in [0, 0.05) is 29.6 Å². The zero-order valence-electron chi connectivity index (χ0n) is 13.4. The minimum Gasteiger partial charge on any atom is -0.376 e. The second-order valence-electron chi connectivity index (χ2n) is 5.62. The first-order chi connectivity index (χ1) is 12.0. The second-order valence-corrected chi connectivity index (χ2v) is 6.05. The molecule has 0 saturated carbocycles. The van der Waals surface area contributed by atoms with Crippen LogP contribution in [0, 0.1) is 0 Å². The molecule has 0 unspecified atom stereocenters. The van der Waals surface area contributed by atoms with Crippen LogP contribution in [0.25, 0.3) is 0 Å². The summed E-state index contributed by atoms with van der Waals surface area (Å²) in [6.45, 7) is 1.61. The van der Waals surface area contributed by atoms with Crippen molar-refractivity contribution in [3.8, 4) is 0 Å². The number of halogens is 1. The average Bonchev–Trinajstić information content (AvgIpc) is 2.60. The van der Waals surface area contributed by atoms with Crippen LogP contribution in [-0.4, -0.2) is 17.5 Å². The van der Waals surface area contributed by atoms with Crippen molar-refractivity contribution < 1.29 is 14.4 Å². The van der Waals surface area contributed by atoms with E-state index in [2.05, 4.69) is 10.6 Å². The normalized spacial score (nSPS) is 13.5. The molecule has 25 heavy (non-hydrogen) atoms. The monoisotopic (exact) mass is 354 g/mol. The van der Waals surface area contributed by atoms with Gasteiger partial charge in [-0.2, -0.15) is 0 Å². The fourth-order valence-electron chi connectivity index (χ4n) is 2.63. The Balaban J connectivity index is 1.96. The molecule has 0 heterocycles. The van der Waals surface area contributed by atoms with Crippen molar-refractivity contribution in [3.63, 3.8) is 0 Å². The number of rotatable bonds is 4. The number of amides is 1. The van der Waals surface area contributed by atoms with Crippen LogP contribution in [0.3, 0.4) is 0 Å². The minimum atomic E-state index is -0.415. The van der Waals surface area contributed by atoms with Crippen LogP contribution in [0.1, 0.15) is 33.2 Å². The highest BCUT2D eigenvalue weighted by atomic mass is 35.5. The lowest BCUT2D eigenvalue weighted by Gasteiger charge is -2.22. The fraction of sp³-hybridized carbons (Fsp3) is 0.105. The lowest BCUT2D eigenvalue weighted by molar-refractivity contribution is -0.118. The zero-order valence-corrected chi connectivity index (χ0v) is 14.2. The summed E-state index contributed by atoms with van der Waals surface area (Å²) in [5.41, 5.74) is 1.56. The number of ketones is 2. The number of benzene rings is 2. The van der Waals surface area contributed by atoms with E-state index in [1.807, 2.05) is 12.1 Å². The van der Waals surface area contributed by atoms with Crippen molar-refractivity contribution in [2.24, 2.45) is 0 Å². The Morgan fingerprint density at radius 3 is 2.04 bits per heavy atom. The first-order valence-corrected chi connectivity index (χ1v) is 8.04. The number of carbonyl (C=O) groups excluding carboxylic acids is 3. The Kier molecular flexibility index (Phi) is 4.67. The molecule has 0 spiro atoms. The summed E-state index contributed by atoms with van der Waals surface area (Å²) in [4.78, 5) is 36.9.